The topological polar surface area (TPSA) is 25.4 Å². The minimum Gasteiger partial charge on any atom is -0.380 e. The van der Waals surface area contributed by atoms with Crippen LogP contribution in [0.25, 0.3) is 10.9 Å². The second-order valence-corrected chi connectivity index (χ2v) is 4.84. The van der Waals surface area contributed by atoms with Crippen molar-refractivity contribution in [2.24, 2.45) is 0 Å². The van der Waals surface area contributed by atoms with E-state index in [0.717, 1.165) is 42.0 Å². The Kier molecular flexibility index (Phi) is 5.62. The third kappa shape index (κ3) is 3.41. The van der Waals surface area contributed by atoms with Gasteiger partial charge in [-0.3, -0.25) is 0 Å². The molecule has 0 saturated carbocycles. The zero-order valence-electron chi connectivity index (χ0n) is 12.1. The quantitative estimate of drug-likeness (QED) is 0.573. The van der Waals surface area contributed by atoms with Crippen LogP contribution >= 0.6 is 11.6 Å². The Hall–Kier alpha value is -1.32. The van der Waals surface area contributed by atoms with E-state index in [1.807, 2.05) is 25.1 Å². The molecule has 1 aromatic carbocycles. The highest BCUT2D eigenvalue weighted by molar-refractivity contribution is 6.17. The number of pyridine rings is 1. The smallest absolute Gasteiger partial charge is 0.133 e. The number of ether oxygens (including phenoxy) is 1. The van der Waals surface area contributed by atoms with E-state index in [4.69, 9.17) is 21.3 Å². The van der Waals surface area contributed by atoms with Crippen LogP contribution in [-0.4, -0.2) is 31.3 Å². The van der Waals surface area contributed by atoms with Gasteiger partial charge in [0.15, 0.2) is 0 Å². The summed E-state index contributed by atoms with van der Waals surface area (Å²) in [4.78, 5) is 7.00. The normalized spacial score (nSPS) is 10.9. The van der Waals surface area contributed by atoms with E-state index >= 15 is 0 Å². The van der Waals surface area contributed by atoms with Crippen LogP contribution < -0.4 is 4.90 Å². The van der Waals surface area contributed by atoms with Gasteiger partial charge in [0.25, 0.3) is 0 Å². The maximum Gasteiger partial charge on any atom is 0.133 e. The molecule has 0 N–H and O–H groups in total. The summed E-state index contributed by atoms with van der Waals surface area (Å²) in [6.45, 7) is 7.31. The van der Waals surface area contributed by atoms with Gasteiger partial charge in [-0.05, 0) is 26.0 Å². The molecule has 0 saturated heterocycles. The summed E-state index contributed by atoms with van der Waals surface area (Å²) >= 11 is 6.10. The van der Waals surface area contributed by atoms with Crippen molar-refractivity contribution in [2.45, 2.75) is 19.7 Å². The van der Waals surface area contributed by atoms with Crippen molar-refractivity contribution in [3.8, 4) is 0 Å². The first-order chi connectivity index (χ1) is 9.80. The maximum atomic E-state index is 6.10. The molecular formula is C16H21ClN2O. The summed E-state index contributed by atoms with van der Waals surface area (Å²) in [5.41, 5.74) is 2.08. The summed E-state index contributed by atoms with van der Waals surface area (Å²) in [6, 6.07) is 10.3. The summed E-state index contributed by atoms with van der Waals surface area (Å²) in [7, 11) is 0. The number of anilines is 1. The van der Waals surface area contributed by atoms with Gasteiger partial charge in [0.2, 0.25) is 0 Å². The minimum atomic E-state index is 0.471. The molecule has 2 rings (SSSR count). The SMILES string of the molecule is CCOCCN(CC)c1nc2ccccc2cc1CCl. The number of alkyl halides is 1. The Morgan fingerprint density at radius 3 is 2.75 bits per heavy atom. The fraction of sp³-hybridized carbons (Fsp3) is 0.438. The lowest BCUT2D eigenvalue weighted by atomic mass is 10.1. The summed E-state index contributed by atoms with van der Waals surface area (Å²) in [6.07, 6.45) is 0. The number of likely N-dealkylation sites (N-methyl/N-ethyl adjacent to an activating group) is 1. The lowest BCUT2D eigenvalue weighted by molar-refractivity contribution is 0.154. The molecular weight excluding hydrogens is 272 g/mol. The first-order valence-corrected chi connectivity index (χ1v) is 7.60. The van der Waals surface area contributed by atoms with E-state index in [0.29, 0.717) is 12.5 Å². The van der Waals surface area contributed by atoms with Gasteiger partial charge < -0.3 is 9.64 Å². The average Bonchev–Trinajstić information content (AvgIpc) is 2.50. The van der Waals surface area contributed by atoms with Crippen LogP contribution in [0.1, 0.15) is 19.4 Å². The largest absolute Gasteiger partial charge is 0.380 e. The molecule has 0 aliphatic carbocycles. The van der Waals surface area contributed by atoms with Gasteiger partial charge in [-0.15, -0.1) is 11.6 Å². The van der Waals surface area contributed by atoms with Gasteiger partial charge in [-0.25, -0.2) is 4.98 Å². The van der Waals surface area contributed by atoms with Crippen LogP contribution in [0, 0.1) is 0 Å². The van der Waals surface area contributed by atoms with Crippen molar-refractivity contribution in [2.75, 3.05) is 31.2 Å². The number of benzene rings is 1. The van der Waals surface area contributed by atoms with Gasteiger partial charge in [0, 0.05) is 30.6 Å². The zero-order chi connectivity index (χ0) is 14.4. The average molecular weight is 293 g/mol. The van der Waals surface area contributed by atoms with E-state index in [2.05, 4.69) is 24.0 Å². The van der Waals surface area contributed by atoms with E-state index in [-0.39, 0.29) is 0 Å². The maximum absolute atomic E-state index is 6.10. The Morgan fingerprint density at radius 1 is 1.25 bits per heavy atom. The van der Waals surface area contributed by atoms with Gasteiger partial charge >= 0.3 is 0 Å². The Balaban J connectivity index is 2.34. The van der Waals surface area contributed by atoms with Crippen molar-refractivity contribution in [3.63, 3.8) is 0 Å². The molecule has 0 amide bonds. The third-order valence-electron chi connectivity index (χ3n) is 3.31. The Bertz CT molecular complexity index is 559. The van der Waals surface area contributed by atoms with Crippen molar-refractivity contribution < 1.29 is 4.74 Å². The van der Waals surface area contributed by atoms with Crippen molar-refractivity contribution in [3.05, 3.63) is 35.9 Å². The van der Waals surface area contributed by atoms with Crippen LogP contribution in [0.5, 0.6) is 0 Å². The van der Waals surface area contributed by atoms with Gasteiger partial charge in [-0.2, -0.15) is 0 Å². The fourth-order valence-corrected chi connectivity index (χ4v) is 2.45. The molecule has 20 heavy (non-hydrogen) atoms. The highest BCUT2D eigenvalue weighted by Gasteiger charge is 2.12. The van der Waals surface area contributed by atoms with Crippen LogP contribution in [0.2, 0.25) is 0 Å². The van der Waals surface area contributed by atoms with Gasteiger partial charge in [0.1, 0.15) is 5.82 Å². The molecule has 0 radical (unpaired) electrons. The molecule has 1 heterocycles. The number of fused-ring (bicyclic) bond motifs is 1. The van der Waals surface area contributed by atoms with Gasteiger partial charge in [-0.1, -0.05) is 18.2 Å². The van der Waals surface area contributed by atoms with Gasteiger partial charge in [0.05, 0.1) is 18.0 Å². The number of nitrogens with zero attached hydrogens (tertiary/aromatic N) is 2. The molecule has 4 heteroatoms. The molecule has 2 aromatic rings. The van der Waals surface area contributed by atoms with Crippen LogP contribution in [0.4, 0.5) is 5.82 Å². The summed E-state index contributed by atoms with van der Waals surface area (Å²) in [5, 5.41) is 1.13. The Labute approximate surface area is 125 Å². The summed E-state index contributed by atoms with van der Waals surface area (Å²) in [5.74, 6) is 1.44. The standard InChI is InChI=1S/C16H21ClN2O/c1-3-19(9-10-20-4-2)16-14(12-17)11-13-7-5-6-8-15(13)18-16/h5-8,11H,3-4,9-10,12H2,1-2H3. The van der Waals surface area contributed by atoms with Crippen LogP contribution in [0.15, 0.2) is 30.3 Å². The second kappa shape index (κ2) is 7.46. The lowest BCUT2D eigenvalue weighted by Gasteiger charge is -2.24. The highest BCUT2D eigenvalue weighted by atomic mass is 35.5. The van der Waals surface area contributed by atoms with Crippen LogP contribution in [-0.2, 0) is 10.6 Å². The molecule has 0 spiro atoms. The first kappa shape index (κ1) is 15.1. The molecule has 0 fully saturated rings. The molecule has 0 bridgehead atoms. The third-order valence-corrected chi connectivity index (χ3v) is 3.60. The molecule has 0 aliphatic heterocycles. The summed E-state index contributed by atoms with van der Waals surface area (Å²) < 4.78 is 5.45. The molecule has 0 atom stereocenters. The number of aromatic nitrogens is 1. The molecule has 1 aromatic heterocycles. The van der Waals surface area contributed by atoms with E-state index < -0.39 is 0 Å². The molecule has 0 aliphatic rings. The number of hydrogen-bond acceptors (Lipinski definition) is 3. The molecule has 108 valence electrons. The number of para-hydroxylation sites is 1. The molecule has 3 nitrogen and oxygen atoms in total. The predicted molar refractivity (Wildman–Crippen MR) is 85.7 cm³/mol. The fourth-order valence-electron chi connectivity index (χ4n) is 2.25. The van der Waals surface area contributed by atoms with Crippen LogP contribution in [0.3, 0.4) is 0 Å². The van der Waals surface area contributed by atoms with E-state index in [1.54, 1.807) is 0 Å². The van der Waals surface area contributed by atoms with Crippen molar-refractivity contribution >= 4 is 28.3 Å². The molecule has 0 unspecified atom stereocenters. The predicted octanol–water partition coefficient (Wildman–Crippen LogP) is 3.84. The highest BCUT2D eigenvalue weighted by Crippen LogP contribution is 2.24. The Morgan fingerprint density at radius 2 is 2.05 bits per heavy atom. The van der Waals surface area contributed by atoms with Crippen molar-refractivity contribution in [1.29, 1.82) is 0 Å². The monoisotopic (exact) mass is 292 g/mol. The minimum absolute atomic E-state index is 0.471. The second-order valence-electron chi connectivity index (χ2n) is 4.57. The first-order valence-electron chi connectivity index (χ1n) is 7.07. The number of hydrogen-bond donors (Lipinski definition) is 0. The van der Waals surface area contributed by atoms with Crippen molar-refractivity contribution in [1.82, 2.24) is 4.98 Å². The van der Waals surface area contributed by atoms with E-state index in [9.17, 15) is 0 Å². The zero-order valence-corrected chi connectivity index (χ0v) is 12.9. The lowest BCUT2D eigenvalue weighted by Crippen LogP contribution is -2.29. The van der Waals surface area contributed by atoms with E-state index in [1.165, 1.54) is 0 Å². The number of halogens is 1. The number of rotatable bonds is 7.